The number of nitrogens with zero attached hydrogens (tertiary/aromatic N) is 3. The average molecular weight is 499 g/mol. The first-order chi connectivity index (χ1) is 18.1. The highest BCUT2D eigenvalue weighted by Crippen LogP contribution is 2.38. The van der Waals surface area contributed by atoms with Crippen LogP contribution in [0, 0.1) is 0 Å². The molecule has 6 rings (SSSR count). The molecule has 2 fully saturated rings. The number of rotatable bonds is 5. The van der Waals surface area contributed by atoms with E-state index < -0.39 is 0 Å². The molecule has 0 atom stereocenters. The number of para-hydroxylation sites is 1. The van der Waals surface area contributed by atoms with Crippen molar-refractivity contribution in [2.24, 2.45) is 0 Å². The molecule has 1 aliphatic carbocycles. The van der Waals surface area contributed by atoms with Gasteiger partial charge in [-0.05, 0) is 25.0 Å². The van der Waals surface area contributed by atoms with Crippen LogP contribution in [-0.2, 0) is 14.3 Å². The summed E-state index contributed by atoms with van der Waals surface area (Å²) in [7, 11) is 0. The number of aromatic nitrogens is 2. The van der Waals surface area contributed by atoms with E-state index in [1.807, 2.05) is 65.6 Å². The normalized spacial score (nSPS) is 19.2. The Labute approximate surface area is 215 Å². The maximum atomic E-state index is 14.2. The maximum Gasteiger partial charge on any atom is 0.280 e. The van der Waals surface area contributed by atoms with E-state index in [2.05, 4.69) is 5.10 Å². The Kier molecular flexibility index (Phi) is 6.26. The quantitative estimate of drug-likeness (QED) is 0.544. The molecule has 190 valence electrons. The fourth-order valence-corrected chi connectivity index (χ4v) is 5.75. The average Bonchev–Trinajstić information content (AvgIpc) is 3.42. The number of hydrogen-bond acceptors (Lipinski definition) is 5. The molecule has 1 N–H and O–H groups in total. The van der Waals surface area contributed by atoms with Gasteiger partial charge in [0.15, 0.2) is 0 Å². The molecule has 1 saturated heterocycles. The van der Waals surface area contributed by atoms with Gasteiger partial charge in [0, 0.05) is 24.7 Å². The maximum absolute atomic E-state index is 14.2. The van der Waals surface area contributed by atoms with Crippen molar-refractivity contribution in [3.05, 3.63) is 82.3 Å². The lowest BCUT2D eigenvalue weighted by Crippen LogP contribution is -2.45. The van der Waals surface area contributed by atoms with Crippen molar-refractivity contribution in [3.63, 3.8) is 0 Å². The second-order valence-electron chi connectivity index (χ2n) is 9.80. The van der Waals surface area contributed by atoms with E-state index in [0.29, 0.717) is 43.4 Å². The second-order valence-corrected chi connectivity index (χ2v) is 9.80. The molecule has 3 aromatic rings. The third-order valence-corrected chi connectivity index (χ3v) is 7.58. The molecule has 0 bridgehead atoms. The predicted octanol–water partition coefficient (Wildman–Crippen LogP) is 3.58. The minimum absolute atomic E-state index is 0.141. The molecule has 0 spiro atoms. The van der Waals surface area contributed by atoms with Gasteiger partial charge in [-0.3, -0.25) is 24.4 Å². The van der Waals surface area contributed by atoms with Crippen LogP contribution in [0.2, 0.25) is 0 Å². The van der Waals surface area contributed by atoms with E-state index in [1.54, 1.807) is 0 Å². The lowest BCUT2D eigenvalue weighted by molar-refractivity contribution is -0.141. The zero-order valence-corrected chi connectivity index (χ0v) is 20.7. The predicted molar refractivity (Wildman–Crippen MR) is 140 cm³/mol. The smallest absolute Gasteiger partial charge is 0.280 e. The summed E-state index contributed by atoms with van der Waals surface area (Å²) in [5.74, 6) is -0.661. The van der Waals surface area contributed by atoms with Gasteiger partial charge in [0.05, 0.1) is 35.7 Å². The van der Waals surface area contributed by atoms with Gasteiger partial charge in [-0.1, -0.05) is 67.8 Å². The number of H-pyrrole nitrogens is 1. The van der Waals surface area contributed by atoms with Crippen LogP contribution in [0.4, 0.5) is 0 Å². The fraction of sp³-hybridized carbons (Fsp3) is 0.345. The molecular weight excluding hydrogens is 468 g/mol. The Morgan fingerprint density at radius 1 is 0.784 bits per heavy atom. The number of carbonyl (C=O) groups excluding carboxylic acids is 2. The molecule has 2 aromatic carbocycles. The standard InChI is InChI=1S/C29H30N4O4/c34-27-24(26(31-16-18-37-19-17-31)29(36)32(27)21-12-6-2-7-13-21)23-25(20-10-4-1-5-11-20)30-33(28(23)35)22-14-8-3-9-15-22/h1,3-5,8-11,14-15,21,30H,2,6-7,12-13,16-19H2. The molecule has 3 heterocycles. The molecule has 3 aliphatic rings. The van der Waals surface area contributed by atoms with Gasteiger partial charge in [-0.2, -0.15) is 0 Å². The van der Waals surface area contributed by atoms with E-state index in [4.69, 9.17) is 4.74 Å². The van der Waals surface area contributed by atoms with Crippen molar-refractivity contribution in [1.29, 1.82) is 0 Å². The van der Waals surface area contributed by atoms with E-state index in [9.17, 15) is 14.4 Å². The van der Waals surface area contributed by atoms with Crippen LogP contribution in [-0.4, -0.2) is 63.7 Å². The second kappa shape index (κ2) is 9.86. The molecule has 8 nitrogen and oxygen atoms in total. The van der Waals surface area contributed by atoms with Gasteiger partial charge in [-0.15, -0.1) is 0 Å². The molecule has 1 saturated carbocycles. The van der Waals surface area contributed by atoms with Crippen LogP contribution in [0.25, 0.3) is 22.5 Å². The Morgan fingerprint density at radius 2 is 1.43 bits per heavy atom. The third kappa shape index (κ3) is 4.11. The van der Waals surface area contributed by atoms with Gasteiger partial charge >= 0.3 is 0 Å². The first kappa shape index (κ1) is 23.5. The summed E-state index contributed by atoms with van der Waals surface area (Å²) in [6.07, 6.45) is 4.69. The summed E-state index contributed by atoms with van der Waals surface area (Å²) >= 11 is 0. The lowest BCUT2D eigenvalue weighted by Gasteiger charge is -2.32. The van der Waals surface area contributed by atoms with Gasteiger partial charge in [0.1, 0.15) is 5.70 Å². The Balaban J connectivity index is 1.58. The van der Waals surface area contributed by atoms with Crippen molar-refractivity contribution in [2.45, 2.75) is 38.1 Å². The summed E-state index contributed by atoms with van der Waals surface area (Å²) in [4.78, 5) is 45.6. The minimum atomic E-state index is -0.369. The van der Waals surface area contributed by atoms with Crippen LogP contribution in [0.3, 0.4) is 0 Å². The Hall–Kier alpha value is -3.91. The van der Waals surface area contributed by atoms with Gasteiger partial charge < -0.3 is 9.64 Å². The lowest BCUT2D eigenvalue weighted by atomic mass is 9.94. The van der Waals surface area contributed by atoms with E-state index in [1.165, 1.54) is 9.58 Å². The number of benzene rings is 2. The van der Waals surface area contributed by atoms with Crippen LogP contribution in [0.1, 0.15) is 37.7 Å². The number of nitrogens with one attached hydrogen (secondary N) is 1. The highest BCUT2D eigenvalue weighted by molar-refractivity contribution is 6.36. The SMILES string of the molecule is O=C1C(c2c(-c3ccccc3)[nH]n(-c3ccccc3)c2=O)=C(N2CCOCC2)C(=O)N1C1CCCCC1. The number of imide groups is 1. The molecule has 37 heavy (non-hydrogen) atoms. The zero-order valence-electron chi connectivity index (χ0n) is 20.7. The first-order valence-electron chi connectivity index (χ1n) is 13.1. The number of amides is 2. The van der Waals surface area contributed by atoms with Crippen LogP contribution in [0.15, 0.2) is 71.2 Å². The van der Waals surface area contributed by atoms with Crippen LogP contribution in [0.5, 0.6) is 0 Å². The summed E-state index contributed by atoms with van der Waals surface area (Å²) in [5.41, 5.74) is 2.38. The molecule has 0 unspecified atom stereocenters. The molecule has 2 amide bonds. The molecular formula is C29H30N4O4. The number of aromatic amines is 1. The molecule has 1 aromatic heterocycles. The minimum Gasteiger partial charge on any atom is -0.378 e. The van der Waals surface area contributed by atoms with Crippen molar-refractivity contribution in [2.75, 3.05) is 26.3 Å². The van der Waals surface area contributed by atoms with Crippen molar-refractivity contribution in [1.82, 2.24) is 19.6 Å². The first-order valence-corrected chi connectivity index (χ1v) is 13.1. The van der Waals surface area contributed by atoms with Crippen molar-refractivity contribution >= 4 is 17.4 Å². The number of hydrogen-bond donors (Lipinski definition) is 1. The summed E-state index contributed by atoms with van der Waals surface area (Å²) < 4.78 is 7.00. The van der Waals surface area contributed by atoms with Crippen LogP contribution >= 0.6 is 0 Å². The summed E-state index contributed by atoms with van der Waals surface area (Å²) in [6, 6.07) is 18.6. The van der Waals surface area contributed by atoms with Crippen LogP contribution < -0.4 is 5.56 Å². The topological polar surface area (TPSA) is 87.6 Å². The fourth-order valence-electron chi connectivity index (χ4n) is 5.75. The zero-order chi connectivity index (χ0) is 25.4. The number of morpholine rings is 1. The van der Waals surface area contributed by atoms with Crippen molar-refractivity contribution in [3.8, 4) is 16.9 Å². The molecule has 0 radical (unpaired) electrons. The largest absolute Gasteiger partial charge is 0.378 e. The number of carbonyl (C=O) groups is 2. The summed E-state index contributed by atoms with van der Waals surface area (Å²) in [6.45, 7) is 1.92. The van der Waals surface area contributed by atoms with E-state index >= 15 is 0 Å². The highest BCUT2D eigenvalue weighted by atomic mass is 16.5. The monoisotopic (exact) mass is 498 g/mol. The third-order valence-electron chi connectivity index (χ3n) is 7.58. The Bertz CT molecular complexity index is 1390. The van der Waals surface area contributed by atoms with Gasteiger partial charge in [0.2, 0.25) is 0 Å². The Morgan fingerprint density at radius 3 is 2.11 bits per heavy atom. The van der Waals surface area contributed by atoms with E-state index in [0.717, 1.165) is 37.7 Å². The van der Waals surface area contributed by atoms with E-state index in [-0.39, 0.29) is 34.6 Å². The van der Waals surface area contributed by atoms with Crippen molar-refractivity contribution < 1.29 is 14.3 Å². The number of ether oxygens (including phenoxy) is 1. The summed E-state index contributed by atoms with van der Waals surface area (Å²) in [5, 5.41) is 3.26. The highest BCUT2D eigenvalue weighted by Gasteiger charge is 2.47. The molecule has 2 aliphatic heterocycles. The van der Waals surface area contributed by atoms with Gasteiger partial charge in [-0.25, -0.2) is 4.68 Å². The molecule has 8 heteroatoms. The van der Waals surface area contributed by atoms with Gasteiger partial charge in [0.25, 0.3) is 17.4 Å².